The molecule has 1 aliphatic rings. The Kier molecular flexibility index (Phi) is 6.35. The Morgan fingerprint density at radius 3 is 2.47 bits per heavy atom. The van der Waals surface area contributed by atoms with E-state index in [1.54, 1.807) is 48.5 Å². The van der Waals surface area contributed by atoms with E-state index >= 15 is 0 Å². The number of carbonyl (C=O) groups excluding carboxylic acids is 2. The fourth-order valence-electron chi connectivity index (χ4n) is 4.32. The van der Waals surface area contributed by atoms with E-state index in [2.05, 4.69) is 24.3 Å². The van der Waals surface area contributed by atoms with Gasteiger partial charge in [-0.15, -0.1) is 0 Å². The minimum atomic E-state index is -0.744. The lowest BCUT2D eigenvalue weighted by Gasteiger charge is -2.34. The molecule has 1 amide bonds. The second-order valence-corrected chi connectivity index (χ2v) is 8.46. The number of carbonyl (C=O) groups is 2. The van der Waals surface area contributed by atoms with Gasteiger partial charge in [-0.25, -0.2) is 4.79 Å². The smallest absolute Gasteiger partial charge is 0.359 e. The Hall–Kier alpha value is -3.48. The first-order valence-corrected chi connectivity index (χ1v) is 11.0. The van der Waals surface area contributed by atoms with E-state index in [9.17, 15) is 14.4 Å². The van der Waals surface area contributed by atoms with Crippen molar-refractivity contribution in [2.24, 2.45) is 11.8 Å². The van der Waals surface area contributed by atoms with E-state index < -0.39 is 12.6 Å². The van der Waals surface area contributed by atoms with E-state index in [1.165, 1.54) is 11.1 Å². The van der Waals surface area contributed by atoms with Crippen LogP contribution in [0.3, 0.4) is 0 Å². The summed E-state index contributed by atoms with van der Waals surface area (Å²) in [5, 5.41) is 8.03. The van der Waals surface area contributed by atoms with E-state index in [0.717, 1.165) is 12.8 Å². The first-order chi connectivity index (χ1) is 15.5. The highest BCUT2D eigenvalue weighted by molar-refractivity contribution is 6.02. The number of fused-ring (bicyclic) bond motifs is 1. The monoisotopic (exact) mass is 433 g/mol. The van der Waals surface area contributed by atoms with Gasteiger partial charge in [-0.1, -0.05) is 63.1 Å². The molecule has 1 fully saturated rings. The molecule has 2 aromatic carbocycles. The quantitative estimate of drug-likeness (QED) is 0.622. The molecule has 32 heavy (non-hydrogen) atoms. The topological polar surface area (TPSA) is 90.3 Å². The fraction of sp³-hybridized carbons (Fsp3) is 0.360. The molecule has 7 nitrogen and oxygen atoms in total. The van der Waals surface area contributed by atoms with Crippen LogP contribution in [0.25, 0.3) is 16.5 Å². The van der Waals surface area contributed by atoms with Crippen molar-refractivity contribution >= 4 is 22.6 Å². The molecule has 7 heteroatoms. The first-order valence-electron chi connectivity index (χ1n) is 11.0. The molecule has 1 N–H and O–H groups in total. The number of ether oxygens (including phenoxy) is 1. The molecule has 4 rings (SSSR count). The lowest BCUT2D eigenvalue weighted by Crippen LogP contribution is -2.45. The number of amides is 1. The molecule has 3 atom stereocenters. The molecular weight excluding hydrogens is 406 g/mol. The molecule has 1 aromatic heterocycles. The largest absolute Gasteiger partial charge is 0.451 e. The van der Waals surface area contributed by atoms with Crippen LogP contribution in [0.1, 0.15) is 43.6 Å². The number of benzene rings is 2. The van der Waals surface area contributed by atoms with Gasteiger partial charge in [0.15, 0.2) is 12.3 Å². The summed E-state index contributed by atoms with van der Waals surface area (Å²) in [5.74, 6) is -0.147. The molecule has 3 unspecified atom stereocenters. The van der Waals surface area contributed by atoms with Gasteiger partial charge in [0.2, 0.25) is 0 Å². The average Bonchev–Trinajstić information content (AvgIpc) is 2.81. The van der Waals surface area contributed by atoms with Gasteiger partial charge in [-0.05, 0) is 36.5 Å². The van der Waals surface area contributed by atoms with Gasteiger partial charge in [-0.3, -0.25) is 9.59 Å². The van der Waals surface area contributed by atoms with Crippen LogP contribution in [0.4, 0.5) is 0 Å². The Morgan fingerprint density at radius 1 is 1.03 bits per heavy atom. The maximum absolute atomic E-state index is 12.9. The number of aromatic nitrogens is 2. The molecule has 1 heterocycles. The number of rotatable bonds is 5. The van der Waals surface area contributed by atoms with Crippen molar-refractivity contribution in [1.82, 2.24) is 15.1 Å². The van der Waals surface area contributed by atoms with Gasteiger partial charge >= 0.3 is 5.97 Å². The Bertz CT molecular complexity index is 1190. The van der Waals surface area contributed by atoms with Gasteiger partial charge in [-0.2, -0.15) is 9.78 Å². The predicted octanol–water partition coefficient (Wildman–Crippen LogP) is 3.48. The van der Waals surface area contributed by atoms with Crippen LogP contribution in [0, 0.1) is 11.8 Å². The second kappa shape index (κ2) is 9.34. The lowest BCUT2D eigenvalue weighted by molar-refractivity contribution is -0.125. The maximum Gasteiger partial charge on any atom is 0.359 e. The van der Waals surface area contributed by atoms with Gasteiger partial charge in [0.05, 0.1) is 11.1 Å². The molecule has 1 aliphatic carbocycles. The predicted molar refractivity (Wildman–Crippen MR) is 122 cm³/mol. The Morgan fingerprint density at radius 2 is 1.72 bits per heavy atom. The van der Waals surface area contributed by atoms with E-state index in [4.69, 9.17) is 4.74 Å². The fourth-order valence-corrected chi connectivity index (χ4v) is 4.32. The summed E-state index contributed by atoms with van der Waals surface area (Å²) in [6.07, 6.45) is 3.17. The molecule has 0 aliphatic heterocycles. The molecule has 0 spiro atoms. The SMILES string of the molecule is CC1CCCC(NC(=O)COC(=O)c2nn(-c3ccccc3)c(=O)c3ccccc23)C1C. The van der Waals surface area contributed by atoms with Crippen molar-refractivity contribution in [3.8, 4) is 5.69 Å². The van der Waals surface area contributed by atoms with Crippen molar-refractivity contribution < 1.29 is 14.3 Å². The van der Waals surface area contributed by atoms with Crippen LogP contribution in [0.15, 0.2) is 59.4 Å². The average molecular weight is 434 g/mol. The zero-order valence-electron chi connectivity index (χ0n) is 18.3. The highest BCUT2D eigenvalue weighted by Crippen LogP contribution is 2.29. The summed E-state index contributed by atoms with van der Waals surface area (Å²) < 4.78 is 6.49. The zero-order chi connectivity index (χ0) is 22.7. The molecule has 1 saturated carbocycles. The molecule has 0 bridgehead atoms. The molecule has 166 valence electrons. The normalized spacial score (nSPS) is 20.6. The van der Waals surface area contributed by atoms with Crippen LogP contribution < -0.4 is 10.9 Å². The Balaban J connectivity index is 1.55. The standard InChI is InChI=1S/C25H27N3O4/c1-16-9-8-14-21(17(16)2)26-22(29)15-32-25(31)23-19-12-6-7-13-20(19)24(30)28(27-23)18-10-4-3-5-11-18/h3-7,10-13,16-17,21H,8-9,14-15H2,1-2H3,(H,26,29). The van der Waals surface area contributed by atoms with Crippen LogP contribution in [-0.2, 0) is 9.53 Å². The van der Waals surface area contributed by atoms with Crippen LogP contribution in [0.5, 0.6) is 0 Å². The van der Waals surface area contributed by atoms with Gasteiger partial charge in [0.25, 0.3) is 11.5 Å². The highest BCUT2D eigenvalue weighted by Gasteiger charge is 2.28. The van der Waals surface area contributed by atoms with Gasteiger partial charge in [0, 0.05) is 11.4 Å². The molecule has 0 radical (unpaired) electrons. The van der Waals surface area contributed by atoms with Crippen LogP contribution in [-0.4, -0.2) is 34.3 Å². The van der Waals surface area contributed by atoms with Crippen molar-refractivity contribution in [2.75, 3.05) is 6.61 Å². The van der Waals surface area contributed by atoms with E-state index in [1.807, 2.05) is 6.07 Å². The number of nitrogens with one attached hydrogen (secondary N) is 1. The summed E-state index contributed by atoms with van der Waals surface area (Å²) in [7, 11) is 0. The summed E-state index contributed by atoms with van der Waals surface area (Å²) in [5.41, 5.74) is 0.202. The molecule has 3 aromatic rings. The third-order valence-electron chi connectivity index (χ3n) is 6.39. The van der Waals surface area contributed by atoms with Crippen molar-refractivity contribution in [1.29, 1.82) is 0 Å². The second-order valence-electron chi connectivity index (χ2n) is 8.46. The zero-order valence-corrected chi connectivity index (χ0v) is 18.3. The van der Waals surface area contributed by atoms with Crippen molar-refractivity contribution in [3.05, 3.63) is 70.6 Å². The van der Waals surface area contributed by atoms with Crippen molar-refractivity contribution in [3.63, 3.8) is 0 Å². The maximum atomic E-state index is 12.9. The van der Waals surface area contributed by atoms with Crippen molar-refractivity contribution in [2.45, 2.75) is 39.2 Å². The summed E-state index contributed by atoms with van der Waals surface area (Å²) >= 11 is 0. The molecule has 0 saturated heterocycles. The number of esters is 1. The number of nitrogens with zero attached hydrogens (tertiary/aromatic N) is 2. The number of hydrogen-bond acceptors (Lipinski definition) is 5. The van der Waals surface area contributed by atoms with Crippen LogP contribution in [0.2, 0.25) is 0 Å². The minimum absolute atomic E-state index is 0.00323. The first kappa shape index (κ1) is 21.7. The molecular formula is C25H27N3O4. The van der Waals surface area contributed by atoms with E-state index in [-0.39, 0.29) is 23.2 Å². The van der Waals surface area contributed by atoms with Gasteiger partial charge < -0.3 is 10.1 Å². The summed E-state index contributed by atoms with van der Waals surface area (Å²) in [4.78, 5) is 38.3. The lowest BCUT2D eigenvalue weighted by atomic mass is 9.78. The third kappa shape index (κ3) is 4.42. The van der Waals surface area contributed by atoms with Gasteiger partial charge in [0.1, 0.15) is 0 Å². The number of para-hydroxylation sites is 1. The Labute approximate surface area is 186 Å². The summed E-state index contributed by atoms with van der Waals surface area (Å²) in [6, 6.07) is 15.7. The third-order valence-corrected chi connectivity index (χ3v) is 6.39. The minimum Gasteiger partial charge on any atom is -0.451 e. The van der Waals surface area contributed by atoms with Crippen LogP contribution >= 0.6 is 0 Å². The van der Waals surface area contributed by atoms with E-state index in [0.29, 0.717) is 28.3 Å². The summed E-state index contributed by atoms with van der Waals surface area (Å²) in [6.45, 7) is 3.95. The number of hydrogen-bond donors (Lipinski definition) is 1. The highest BCUT2D eigenvalue weighted by atomic mass is 16.5.